The predicted molar refractivity (Wildman–Crippen MR) is 93.8 cm³/mol. The molecule has 0 radical (unpaired) electrons. The molecule has 0 aliphatic rings. The van der Waals surface area contributed by atoms with Gasteiger partial charge in [-0.1, -0.05) is 17.7 Å². The van der Waals surface area contributed by atoms with Crippen LogP contribution in [0.2, 0.25) is 5.15 Å². The maximum absolute atomic E-state index is 6.05. The number of ether oxygens (including phenoxy) is 2. The summed E-state index contributed by atoms with van der Waals surface area (Å²) in [5.41, 5.74) is 1.02. The third kappa shape index (κ3) is 3.71. The van der Waals surface area contributed by atoms with Crippen LogP contribution in [-0.4, -0.2) is 39.0 Å². The highest BCUT2D eigenvalue weighted by Gasteiger charge is 2.14. The van der Waals surface area contributed by atoms with Gasteiger partial charge in [0.05, 0.1) is 14.2 Å². The predicted octanol–water partition coefficient (Wildman–Crippen LogP) is 2.94. The molecule has 2 heterocycles. The summed E-state index contributed by atoms with van der Waals surface area (Å²) in [6.45, 7) is 3.62. The molecule has 25 heavy (non-hydrogen) atoms. The zero-order chi connectivity index (χ0) is 18.0. The van der Waals surface area contributed by atoms with Gasteiger partial charge in [0.1, 0.15) is 22.6 Å². The van der Waals surface area contributed by atoms with Gasteiger partial charge in [-0.25, -0.2) is 15.0 Å². The van der Waals surface area contributed by atoms with E-state index in [1.165, 1.54) is 0 Å². The van der Waals surface area contributed by atoms with Crippen molar-refractivity contribution in [3.63, 3.8) is 0 Å². The lowest BCUT2D eigenvalue weighted by Crippen LogP contribution is -2.08. The van der Waals surface area contributed by atoms with E-state index in [0.717, 1.165) is 11.4 Å². The number of aryl methyl sites for hydroxylation is 2. The summed E-state index contributed by atoms with van der Waals surface area (Å²) in [6.07, 6.45) is 0.557. The number of rotatable bonds is 5. The van der Waals surface area contributed by atoms with Crippen LogP contribution in [-0.2, 0) is 6.42 Å². The van der Waals surface area contributed by atoms with Crippen LogP contribution < -0.4 is 9.47 Å². The van der Waals surface area contributed by atoms with Crippen LogP contribution in [0.25, 0.3) is 5.82 Å². The third-order valence-corrected chi connectivity index (χ3v) is 3.79. The Morgan fingerprint density at radius 2 is 1.72 bits per heavy atom. The van der Waals surface area contributed by atoms with Crippen molar-refractivity contribution < 1.29 is 9.47 Å². The van der Waals surface area contributed by atoms with Crippen LogP contribution in [0.1, 0.15) is 23.0 Å². The standard InChI is InChI=1S/C17H18ClN5O2/c1-10-19-15(18)9-17(20-10)23-16(21-11(2)22-23)8-12-5-6-13(24-3)14(7-12)25-4/h5-7,9H,8H2,1-4H3. The number of aromatic nitrogens is 5. The number of hydrogen-bond donors (Lipinski definition) is 0. The lowest BCUT2D eigenvalue weighted by Gasteiger charge is -2.10. The number of methoxy groups -OCH3 is 2. The van der Waals surface area contributed by atoms with E-state index < -0.39 is 0 Å². The lowest BCUT2D eigenvalue weighted by atomic mass is 10.1. The van der Waals surface area contributed by atoms with E-state index in [-0.39, 0.29) is 0 Å². The monoisotopic (exact) mass is 359 g/mol. The summed E-state index contributed by atoms with van der Waals surface area (Å²) in [6, 6.07) is 7.42. The maximum atomic E-state index is 6.05. The van der Waals surface area contributed by atoms with Gasteiger partial charge in [0, 0.05) is 12.5 Å². The Kier molecular flexibility index (Phi) is 4.85. The molecule has 0 saturated heterocycles. The van der Waals surface area contributed by atoms with E-state index in [0.29, 0.717) is 40.5 Å². The van der Waals surface area contributed by atoms with Crippen molar-refractivity contribution in [3.8, 4) is 17.3 Å². The zero-order valence-electron chi connectivity index (χ0n) is 14.4. The van der Waals surface area contributed by atoms with E-state index in [9.17, 15) is 0 Å². The highest BCUT2D eigenvalue weighted by molar-refractivity contribution is 6.29. The quantitative estimate of drug-likeness (QED) is 0.652. The Morgan fingerprint density at radius 1 is 0.960 bits per heavy atom. The highest BCUT2D eigenvalue weighted by atomic mass is 35.5. The second kappa shape index (κ2) is 7.06. The fourth-order valence-corrected chi connectivity index (χ4v) is 2.77. The zero-order valence-corrected chi connectivity index (χ0v) is 15.2. The molecule has 0 bridgehead atoms. The average Bonchev–Trinajstić information content (AvgIpc) is 2.94. The first kappa shape index (κ1) is 17.2. The van der Waals surface area contributed by atoms with Gasteiger partial charge in [0.2, 0.25) is 0 Å². The summed E-state index contributed by atoms with van der Waals surface area (Å²) in [4.78, 5) is 13.0. The molecule has 0 aliphatic heterocycles. The molecular formula is C17H18ClN5O2. The van der Waals surface area contributed by atoms with Crippen LogP contribution in [0, 0.1) is 13.8 Å². The van der Waals surface area contributed by atoms with E-state index in [2.05, 4.69) is 20.1 Å². The van der Waals surface area contributed by atoms with Crippen molar-refractivity contribution in [1.82, 2.24) is 24.7 Å². The van der Waals surface area contributed by atoms with Crippen molar-refractivity contribution in [2.75, 3.05) is 14.2 Å². The van der Waals surface area contributed by atoms with Crippen molar-refractivity contribution in [2.45, 2.75) is 20.3 Å². The molecule has 7 nitrogen and oxygen atoms in total. The minimum absolute atomic E-state index is 0.368. The Labute approximate surface area is 150 Å². The van der Waals surface area contributed by atoms with Crippen molar-refractivity contribution in [3.05, 3.63) is 52.5 Å². The van der Waals surface area contributed by atoms with Crippen LogP contribution in [0.15, 0.2) is 24.3 Å². The average molecular weight is 360 g/mol. The summed E-state index contributed by atoms with van der Waals surface area (Å²) < 4.78 is 12.3. The van der Waals surface area contributed by atoms with Gasteiger partial charge in [-0.05, 0) is 31.5 Å². The van der Waals surface area contributed by atoms with Gasteiger partial charge in [0.25, 0.3) is 0 Å². The summed E-state index contributed by atoms with van der Waals surface area (Å²) in [5.74, 6) is 3.92. The second-order valence-corrected chi connectivity index (χ2v) is 5.84. The Hall–Kier alpha value is -2.67. The molecule has 3 rings (SSSR count). The van der Waals surface area contributed by atoms with Gasteiger partial charge < -0.3 is 9.47 Å². The van der Waals surface area contributed by atoms with Crippen LogP contribution in [0.5, 0.6) is 11.5 Å². The Morgan fingerprint density at radius 3 is 2.40 bits per heavy atom. The molecule has 2 aromatic heterocycles. The topological polar surface area (TPSA) is 75.0 Å². The Bertz CT molecular complexity index is 890. The van der Waals surface area contributed by atoms with Crippen molar-refractivity contribution in [1.29, 1.82) is 0 Å². The molecule has 130 valence electrons. The van der Waals surface area contributed by atoms with Crippen LogP contribution in [0.4, 0.5) is 0 Å². The van der Waals surface area contributed by atoms with Gasteiger partial charge in [-0.15, -0.1) is 5.10 Å². The molecule has 0 fully saturated rings. The van der Waals surface area contributed by atoms with E-state index in [4.69, 9.17) is 21.1 Å². The molecule has 0 N–H and O–H groups in total. The first-order valence-corrected chi connectivity index (χ1v) is 8.03. The fraction of sp³-hybridized carbons (Fsp3) is 0.294. The minimum atomic E-state index is 0.368. The summed E-state index contributed by atoms with van der Waals surface area (Å²) >= 11 is 6.05. The first-order chi connectivity index (χ1) is 12.0. The molecule has 0 spiro atoms. The van der Waals surface area contributed by atoms with E-state index in [1.54, 1.807) is 31.9 Å². The largest absolute Gasteiger partial charge is 0.493 e. The SMILES string of the molecule is COc1ccc(Cc2nc(C)nn2-c2cc(Cl)nc(C)n2)cc1OC. The molecule has 0 unspecified atom stereocenters. The number of benzene rings is 1. The highest BCUT2D eigenvalue weighted by Crippen LogP contribution is 2.28. The molecule has 1 aromatic carbocycles. The minimum Gasteiger partial charge on any atom is -0.493 e. The lowest BCUT2D eigenvalue weighted by molar-refractivity contribution is 0.354. The van der Waals surface area contributed by atoms with Crippen molar-refractivity contribution >= 4 is 11.6 Å². The fourth-order valence-electron chi connectivity index (χ4n) is 2.55. The number of nitrogens with zero attached hydrogens (tertiary/aromatic N) is 5. The molecule has 0 atom stereocenters. The van der Waals surface area contributed by atoms with Gasteiger partial charge in [-0.3, -0.25) is 0 Å². The van der Waals surface area contributed by atoms with Crippen LogP contribution >= 0.6 is 11.6 Å². The first-order valence-electron chi connectivity index (χ1n) is 7.65. The smallest absolute Gasteiger partial charge is 0.161 e. The molecule has 8 heteroatoms. The van der Waals surface area contributed by atoms with Gasteiger partial charge >= 0.3 is 0 Å². The molecule has 0 aliphatic carbocycles. The van der Waals surface area contributed by atoms with Crippen molar-refractivity contribution in [2.24, 2.45) is 0 Å². The van der Waals surface area contributed by atoms with Gasteiger partial charge in [0.15, 0.2) is 17.3 Å². The second-order valence-electron chi connectivity index (χ2n) is 5.45. The number of hydrogen-bond acceptors (Lipinski definition) is 6. The molecule has 3 aromatic rings. The Balaban J connectivity index is 1.99. The molecule has 0 amide bonds. The molecular weight excluding hydrogens is 342 g/mol. The maximum Gasteiger partial charge on any atom is 0.161 e. The van der Waals surface area contributed by atoms with E-state index >= 15 is 0 Å². The van der Waals surface area contributed by atoms with Crippen LogP contribution in [0.3, 0.4) is 0 Å². The third-order valence-electron chi connectivity index (χ3n) is 3.60. The normalized spacial score (nSPS) is 10.8. The van der Waals surface area contributed by atoms with Gasteiger partial charge in [-0.2, -0.15) is 4.68 Å². The summed E-state index contributed by atoms with van der Waals surface area (Å²) in [7, 11) is 3.22. The number of halogens is 1. The molecule has 0 saturated carbocycles. The summed E-state index contributed by atoms with van der Waals surface area (Å²) in [5, 5.41) is 4.80. The van der Waals surface area contributed by atoms with E-state index in [1.807, 2.05) is 25.1 Å².